The van der Waals surface area contributed by atoms with Crippen molar-refractivity contribution in [2.45, 2.75) is 24.5 Å². The maximum absolute atomic E-state index is 11.8. The van der Waals surface area contributed by atoms with Crippen molar-refractivity contribution >= 4 is 35.0 Å². The van der Waals surface area contributed by atoms with E-state index < -0.39 is 0 Å². The highest BCUT2D eigenvalue weighted by Gasteiger charge is 2.10. The zero-order valence-corrected chi connectivity index (χ0v) is 13.7. The fourth-order valence-electron chi connectivity index (χ4n) is 1.71. The first-order chi connectivity index (χ1) is 10.1. The van der Waals surface area contributed by atoms with Gasteiger partial charge < -0.3 is 5.32 Å². The van der Waals surface area contributed by atoms with Gasteiger partial charge >= 0.3 is 0 Å². The standard InChI is InChI=1S/C17H18ClNOS/c1-12(2)17(20)19-15-5-3-4-6-16(15)21-11-13-7-9-14(18)10-8-13/h3-10,12H,11H2,1-2H3,(H,19,20). The number of para-hydroxylation sites is 1. The lowest BCUT2D eigenvalue weighted by molar-refractivity contribution is -0.118. The first-order valence-electron chi connectivity index (χ1n) is 6.83. The van der Waals surface area contributed by atoms with Gasteiger partial charge in [-0.1, -0.05) is 49.7 Å². The SMILES string of the molecule is CC(C)C(=O)Nc1ccccc1SCc1ccc(Cl)cc1. The second-order valence-electron chi connectivity index (χ2n) is 5.06. The summed E-state index contributed by atoms with van der Waals surface area (Å²) in [5, 5.41) is 3.72. The van der Waals surface area contributed by atoms with Crippen molar-refractivity contribution in [3.05, 3.63) is 59.1 Å². The minimum Gasteiger partial charge on any atom is -0.325 e. The van der Waals surface area contributed by atoms with Gasteiger partial charge in [0.2, 0.25) is 5.91 Å². The molecule has 2 rings (SSSR count). The highest BCUT2D eigenvalue weighted by molar-refractivity contribution is 7.98. The molecule has 0 atom stereocenters. The van der Waals surface area contributed by atoms with Gasteiger partial charge in [-0.05, 0) is 29.8 Å². The van der Waals surface area contributed by atoms with Gasteiger partial charge in [-0.2, -0.15) is 0 Å². The van der Waals surface area contributed by atoms with Crippen LogP contribution >= 0.6 is 23.4 Å². The second kappa shape index (κ2) is 7.53. The van der Waals surface area contributed by atoms with Gasteiger partial charge in [0.1, 0.15) is 0 Å². The van der Waals surface area contributed by atoms with Crippen molar-refractivity contribution < 1.29 is 4.79 Å². The molecule has 21 heavy (non-hydrogen) atoms. The number of benzene rings is 2. The Bertz CT molecular complexity index is 610. The Morgan fingerprint density at radius 2 is 1.81 bits per heavy atom. The minimum absolute atomic E-state index is 0.0284. The number of rotatable bonds is 5. The molecule has 0 aliphatic heterocycles. The number of amides is 1. The molecular weight excluding hydrogens is 302 g/mol. The molecule has 0 radical (unpaired) electrons. The van der Waals surface area contributed by atoms with Crippen LogP contribution in [0.15, 0.2) is 53.4 Å². The molecule has 2 nitrogen and oxygen atoms in total. The molecule has 110 valence electrons. The fraction of sp³-hybridized carbons (Fsp3) is 0.235. The lowest BCUT2D eigenvalue weighted by atomic mass is 10.2. The third kappa shape index (κ3) is 4.80. The number of carbonyl (C=O) groups is 1. The molecule has 0 aliphatic rings. The molecule has 0 bridgehead atoms. The van der Waals surface area contributed by atoms with Crippen LogP contribution in [0.4, 0.5) is 5.69 Å². The third-order valence-electron chi connectivity index (χ3n) is 2.98. The summed E-state index contributed by atoms with van der Waals surface area (Å²) in [7, 11) is 0. The van der Waals surface area contributed by atoms with E-state index in [1.807, 2.05) is 62.4 Å². The van der Waals surface area contributed by atoms with Crippen LogP contribution in [0.3, 0.4) is 0 Å². The van der Waals surface area contributed by atoms with Crippen molar-refractivity contribution in [2.75, 3.05) is 5.32 Å². The van der Waals surface area contributed by atoms with Crippen LogP contribution < -0.4 is 5.32 Å². The largest absolute Gasteiger partial charge is 0.325 e. The molecule has 0 heterocycles. The summed E-state index contributed by atoms with van der Waals surface area (Å²) in [6.45, 7) is 3.78. The molecule has 0 aromatic heterocycles. The number of hydrogen-bond acceptors (Lipinski definition) is 2. The summed E-state index contributed by atoms with van der Waals surface area (Å²) in [6, 6.07) is 15.7. The van der Waals surface area contributed by atoms with Gasteiger partial charge in [0.05, 0.1) is 5.69 Å². The number of hydrogen-bond donors (Lipinski definition) is 1. The zero-order valence-electron chi connectivity index (χ0n) is 12.1. The van der Waals surface area contributed by atoms with Crippen LogP contribution in [-0.4, -0.2) is 5.91 Å². The van der Waals surface area contributed by atoms with E-state index in [1.54, 1.807) is 11.8 Å². The number of thioether (sulfide) groups is 1. The average molecular weight is 320 g/mol. The number of carbonyl (C=O) groups excluding carboxylic acids is 1. The van der Waals surface area contributed by atoms with Crippen molar-refractivity contribution in [1.82, 2.24) is 0 Å². The Morgan fingerprint density at radius 3 is 2.48 bits per heavy atom. The molecule has 1 N–H and O–H groups in total. The van der Waals surface area contributed by atoms with Crippen LogP contribution in [0.25, 0.3) is 0 Å². The monoisotopic (exact) mass is 319 g/mol. The summed E-state index contributed by atoms with van der Waals surface area (Å²) in [6.07, 6.45) is 0. The molecule has 0 aliphatic carbocycles. The summed E-state index contributed by atoms with van der Waals surface area (Å²) >= 11 is 7.59. The van der Waals surface area contributed by atoms with Gasteiger partial charge in [-0.3, -0.25) is 4.79 Å². The third-order valence-corrected chi connectivity index (χ3v) is 4.37. The van der Waals surface area contributed by atoms with Crippen molar-refractivity contribution in [3.8, 4) is 0 Å². The molecule has 1 amide bonds. The smallest absolute Gasteiger partial charge is 0.226 e. The Hall–Kier alpha value is -1.45. The normalized spacial score (nSPS) is 10.7. The Labute approximate surface area is 134 Å². The molecule has 2 aromatic rings. The maximum atomic E-state index is 11.8. The van der Waals surface area contributed by atoms with Crippen molar-refractivity contribution in [1.29, 1.82) is 0 Å². The average Bonchev–Trinajstić information content (AvgIpc) is 2.48. The zero-order chi connectivity index (χ0) is 15.2. The van der Waals surface area contributed by atoms with E-state index >= 15 is 0 Å². The topological polar surface area (TPSA) is 29.1 Å². The summed E-state index contributed by atoms with van der Waals surface area (Å²) in [5.41, 5.74) is 2.07. The van der Waals surface area contributed by atoms with Crippen LogP contribution in [-0.2, 0) is 10.5 Å². The number of halogens is 1. The van der Waals surface area contributed by atoms with E-state index in [-0.39, 0.29) is 11.8 Å². The van der Waals surface area contributed by atoms with Crippen LogP contribution in [0.5, 0.6) is 0 Å². The number of nitrogens with one attached hydrogen (secondary N) is 1. The van der Waals surface area contributed by atoms with Gasteiger partial charge in [0.15, 0.2) is 0 Å². The van der Waals surface area contributed by atoms with Gasteiger partial charge in [0, 0.05) is 21.6 Å². The molecule has 0 unspecified atom stereocenters. The van der Waals surface area contributed by atoms with E-state index in [0.717, 1.165) is 21.4 Å². The van der Waals surface area contributed by atoms with Crippen LogP contribution in [0.1, 0.15) is 19.4 Å². The van der Waals surface area contributed by atoms with Crippen LogP contribution in [0.2, 0.25) is 5.02 Å². The Kier molecular flexibility index (Phi) is 5.71. The summed E-state index contributed by atoms with van der Waals surface area (Å²) in [5.74, 6) is 0.847. The first-order valence-corrected chi connectivity index (χ1v) is 8.20. The highest BCUT2D eigenvalue weighted by atomic mass is 35.5. The maximum Gasteiger partial charge on any atom is 0.226 e. The first kappa shape index (κ1) is 15.9. The predicted molar refractivity (Wildman–Crippen MR) is 90.9 cm³/mol. The van der Waals surface area contributed by atoms with E-state index in [2.05, 4.69) is 5.32 Å². The fourth-order valence-corrected chi connectivity index (χ4v) is 2.80. The summed E-state index contributed by atoms with van der Waals surface area (Å²) < 4.78 is 0. The minimum atomic E-state index is -0.0284. The van der Waals surface area contributed by atoms with Gasteiger partial charge in [-0.25, -0.2) is 0 Å². The van der Waals surface area contributed by atoms with Crippen molar-refractivity contribution in [2.24, 2.45) is 5.92 Å². The molecule has 0 fully saturated rings. The molecule has 2 aromatic carbocycles. The summed E-state index contributed by atoms with van der Waals surface area (Å²) in [4.78, 5) is 12.9. The van der Waals surface area contributed by atoms with Gasteiger partial charge in [-0.15, -0.1) is 11.8 Å². The molecular formula is C17H18ClNOS. The number of anilines is 1. The highest BCUT2D eigenvalue weighted by Crippen LogP contribution is 2.30. The lowest BCUT2D eigenvalue weighted by Crippen LogP contribution is -2.18. The Morgan fingerprint density at radius 1 is 1.14 bits per heavy atom. The lowest BCUT2D eigenvalue weighted by Gasteiger charge is -2.12. The van der Waals surface area contributed by atoms with E-state index in [4.69, 9.17) is 11.6 Å². The molecule has 0 spiro atoms. The molecule has 0 saturated carbocycles. The second-order valence-corrected chi connectivity index (χ2v) is 6.51. The predicted octanol–water partition coefficient (Wildman–Crippen LogP) is 5.23. The van der Waals surface area contributed by atoms with E-state index in [1.165, 1.54) is 5.56 Å². The van der Waals surface area contributed by atoms with E-state index in [9.17, 15) is 4.79 Å². The quantitative estimate of drug-likeness (QED) is 0.765. The van der Waals surface area contributed by atoms with Crippen molar-refractivity contribution in [3.63, 3.8) is 0 Å². The van der Waals surface area contributed by atoms with Gasteiger partial charge in [0.25, 0.3) is 0 Å². The molecule has 4 heteroatoms. The van der Waals surface area contributed by atoms with E-state index in [0.29, 0.717) is 0 Å². The molecule has 0 saturated heterocycles. The Balaban J connectivity index is 2.06. The van der Waals surface area contributed by atoms with Crippen LogP contribution in [0, 0.1) is 5.92 Å².